The number of hydrogen-bond donors (Lipinski definition) is 0. The van der Waals surface area contributed by atoms with E-state index < -0.39 is 12.1 Å². The number of rotatable bonds is 5. The zero-order valence-corrected chi connectivity index (χ0v) is 9.69. The first-order valence-electron chi connectivity index (χ1n) is 5.98. The van der Waals surface area contributed by atoms with Gasteiger partial charge in [0.15, 0.2) is 0 Å². The summed E-state index contributed by atoms with van der Waals surface area (Å²) >= 11 is 0. The van der Waals surface area contributed by atoms with Crippen molar-refractivity contribution < 1.29 is 13.2 Å². The maximum atomic E-state index is 12.3. The van der Waals surface area contributed by atoms with Crippen LogP contribution >= 0.6 is 0 Å². The van der Waals surface area contributed by atoms with Gasteiger partial charge in [-0.3, -0.25) is 0 Å². The minimum atomic E-state index is -4.08. The summed E-state index contributed by atoms with van der Waals surface area (Å²) in [6, 6.07) is 0. The molecule has 0 amide bonds. The highest BCUT2D eigenvalue weighted by atomic mass is 19.4. The van der Waals surface area contributed by atoms with Gasteiger partial charge in [-0.15, -0.1) is 0 Å². The normalized spacial score (nSPS) is 21.0. The summed E-state index contributed by atoms with van der Waals surface area (Å²) in [6.07, 6.45) is 6.29. The molecule has 0 saturated heterocycles. The number of alkyl halides is 3. The Hall–Kier alpha value is -0.730. The van der Waals surface area contributed by atoms with Crippen molar-refractivity contribution in [3.63, 3.8) is 0 Å². The van der Waals surface area contributed by atoms with Crippen molar-refractivity contribution in [1.82, 2.24) is 0 Å². The van der Waals surface area contributed by atoms with Crippen LogP contribution < -0.4 is 0 Å². The van der Waals surface area contributed by atoms with Crippen LogP contribution in [0.4, 0.5) is 13.2 Å². The van der Waals surface area contributed by atoms with Crippen LogP contribution in [0.2, 0.25) is 0 Å². The monoisotopic (exact) mass is 232 g/mol. The summed E-state index contributed by atoms with van der Waals surface area (Å²) in [7, 11) is 0. The van der Waals surface area contributed by atoms with Crippen LogP contribution in [0.25, 0.3) is 0 Å². The van der Waals surface area contributed by atoms with Gasteiger partial charge in [0.05, 0.1) is 5.92 Å². The fourth-order valence-electron chi connectivity index (χ4n) is 1.85. The summed E-state index contributed by atoms with van der Waals surface area (Å²) in [5.41, 5.74) is 1.07. The van der Waals surface area contributed by atoms with Gasteiger partial charge in [0, 0.05) is 0 Å². The Morgan fingerprint density at radius 2 is 2.00 bits per heavy atom. The van der Waals surface area contributed by atoms with E-state index in [1.54, 1.807) is 12.2 Å². The lowest BCUT2D eigenvalue weighted by Crippen LogP contribution is -2.21. The van der Waals surface area contributed by atoms with Gasteiger partial charge in [0.2, 0.25) is 0 Å². The molecule has 0 fully saturated rings. The molecule has 92 valence electrons. The standard InChI is InChI=1S/C13H19F3/c1-2-3-4-5-6-11-7-9-12(10-8-11)13(14,15)16/h7-9,12H,2-6,10H2,1H3. The van der Waals surface area contributed by atoms with E-state index in [1.807, 2.05) is 0 Å². The van der Waals surface area contributed by atoms with E-state index in [-0.39, 0.29) is 6.42 Å². The summed E-state index contributed by atoms with van der Waals surface area (Å²) in [6.45, 7) is 2.15. The first-order valence-corrected chi connectivity index (χ1v) is 5.98. The second-order valence-corrected chi connectivity index (χ2v) is 4.33. The lowest BCUT2D eigenvalue weighted by atomic mass is 9.93. The number of allylic oxidation sites excluding steroid dienone is 4. The molecule has 0 aromatic carbocycles. The third-order valence-electron chi connectivity index (χ3n) is 2.92. The number of hydrogen-bond acceptors (Lipinski definition) is 0. The van der Waals surface area contributed by atoms with E-state index in [9.17, 15) is 13.2 Å². The maximum absolute atomic E-state index is 12.3. The molecule has 0 aliphatic heterocycles. The second-order valence-electron chi connectivity index (χ2n) is 4.33. The molecule has 3 heteroatoms. The highest BCUT2D eigenvalue weighted by Crippen LogP contribution is 2.33. The molecule has 0 nitrogen and oxygen atoms in total. The number of unbranched alkanes of at least 4 members (excludes halogenated alkanes) is 3. The molecule has 16 heavy (non-hydrogen) atoms. The van der Waals surface area contributed by atoms with Gasteiger partial charge in [-0.2, -0.15) is 13.2 Å². The minimum absolute atomic E-state index is 0.114. The van der Waals surface area contributed by atoms with Crippen LogP contribution in [0.3, 0.4) is 0 Å². The van der Waals surface area contributed by atoms with E-state index in [0.29, 0.717) is 0 Å². The molecule has 0 saturated carbocycles. The molecule has 0 aromatic rings. The van der Waals surface area contributed by atoms with Gasteiger partial charge >= 0.3 is 6.18 Å². The van der Waals surface area contributed by atoms with Gasteiger partial charge in [-0.1, -0.05) is 50.0 Å². The average Bonchev–Trinajstić information content (AvgIpc) is 2.24. The van der Waals surface area contributed by atoms with E-state index in [4.69, 9.17) is 0 Å². The summed E-state index contributed by atoms with van der Waals surface area (Å²) in [4.78, 5) is 0. The van der Waals surface area contributed by atoms with Gasteiger partial charge in [0.1, 0.15) is 0 Å². The lowest BCUT2D eigenvalue weighted by molar-refractivity contribution is -0.160. The van der Waals surface area contributed by atoms with Crippen molar-refractivity contribution in [1.29, 1.82) is 0 Å². The molecule has 1 rings (SSSR count). The van der Waals surface area contributed by atoms with Gasteiger partial charge in [0.25, 0.3) is 0 Å². The summed E-state index contributed by atoms with van der Waals surface area (Å²) in [5, 5.41) is 0. The zero-order valence-electron chi connectivity index (χ0n) is 9.69. The molecule has 0 aromatic heterocycles. The second kappa shape index (κ2) is 6.12. The predicted molar refractivity (Wildman–Crippen MR) is 60.1 cm³/mol. The Balaban J connectivity index is 2.29. The van der Waals surface area contributed by atoms with Gasteiger partial charge in [-0.25, -0.2) is 0 Å². The lowest BCUT2D eigenvalue weighted by Gasteiger charge is -2.19. The first kappa shape index (κ1) is 13.3. The highest BCUT2D eigenvalue weighted by Gasteiger charge is 2.37. The van der Waals surface area contributed by atoms with Crippen LogP contribution in [0.5, 0.6) is 0 Å². The fourth-order valence-corrected chi connectivity index (χ4v) is 1.85. The Labute approximate surface area is 95.2 Å². The summed E-state index contributed by atoms with van der Waals surface area (Å²) < 4.78 is 37.0. The molecular weight excluding hydrogens is 213 g/mol. The van der Waals surface area contributed by atoms with Crippen molar-refractivity contribution >= 4 is 0 Å². The third-order valence-corrected chi connectivity index (χ3v) is 2.92. The Morgan fingerprint density at radius 3 is 2.50 bits per heavy atom. The van der Waals surface area contributed by atoms with Crippen LogP contribution in [-0.4, -0.2) is 6.18 Å². The molecular formula is C13H19F3. The van der Waals surface area contributed by atoms with Crippen LogP contribution in [0.15, 0.2) is 23.8 Å². The first-order chi connectivity index (χ1) is 7.54. The SMILES string of the molecule is CCCCCCC1=CCC(C(F)(F)F)C=C1. The van der Waals surface area contributed by atoms with Gasteiger partial charge in [-0.05, 0) is 19.3 Å². The van der Waals surface area contributed by atoms with Crippen molar-refractivity contribution in [3.8, 4) is 0 Å². The van der Waals surface area contributed by atoms with E-state index in [0.717, 1.165) is 18.4 Å². The van der Waals surface area contributed by atoms with Crippen LogP contribution in [0.1, 0.15) is 45.4 Å². The molecule has 1 unspecified atom stereocenters. The fraction of sp³-hybridized carbons (Fsp3) is 0.692. The maximum Gasteiger partial charge on any atom is 0.395 e. The molecule has 0 N–H and O–H groups in total. The Bertz CT molecular complexity index is 261. The van der Waals surface area contributed by atoms with E-state index >= 15 is 0 Å². The van der Waals surface area contributed by atoms with Crippen molar-refractivity contribution in [2.45, 2.75) is 51.6 Å². The molecule has 1 aliphatic rings. The third kappa shape index (κ3) is 4.42. The van der Waals surface area contributed by atoms with Crippen molar-refractivity contribution in [2.75, 3.05) is 0 Å². The summed E-state index contributed by atoms with van der Waals surface area (Å²) in [5.74, 6) is -1.27. The predicted octanol–water partition coefficient (Wildman–Crippen LogP) is 5.02. The van der Waals surface area contributed by atoms with Crippen LogP contribution in [-0.2, 0) is 0 Å². The van der Waals surface area contributed by atoms with Crippen molar-refractivity contribution in [2.24, 2.45) is 5.92 Å². The van der Waals surface area contributed by atoms with E-state index in [1.165, 1.54) is 25.3 Å². The van der Waals surface area contributed by atoms with Gasteiger partial charge < -0.3 is 0 Å². The highest BCUT2D eigenvalue weighted by molar-refractivity contribution is 5.24. The Morgan fingerprint density at radius 1 is 1.25 bits per heavy atom. The molecule has 0 spiro atoms. The minimum Gasteiger partial charge on any atom is -0.170 e. The quantitative estimate of drug-likeness (QED) is 0.584. The molecule has 1 aliphatic carbocycles. The van der Waals surface area contributed by atoms with Crippen molar-refractivity contribution in [3.05, 3.63) is 23.8 Å². The smallest absolute Gasteiger partial charge is 0.170 e. The molecule has 1 atom stereocenters. The average molecular weight is 232 g/mol. The van der Waals surface area contributed by atoms with Crippen LogP contribution in [0, 0.1) is 5.92 Å². The number of halogens is 3. The topological polar surface area (TPSA) is 0 Å². The Kier molecular flexibility index (Phi) is 5.10. The molecule has 0 heterocycles. The van der Waals surface area contributed by atoms with E-state index in [2.05, 4.69) is 6.92 Å². The molecule has 0 bridgehead atoms. The molecule has 0 radical (unpaired) electrons. The largest absolute Gasteiger partial charge is 0.395 e. The zero-order chi connectivity index (χ0) is 12.0.